The standard InChI is InChI=1S/C26H29N3O3S/c1-20-8-6-9-21(2)25(20)27-26(30)23-12-7-13-24(18-23)33(31,32)29-16-14-28(15-17-29)19-22-10-4-3-5-11-22/h3-13,18H,14-17,19H2,1-2H3,(H,27,30). The first-order chi connectivity index (χ1) is 15.8. The third-order valence-corrected chi connectivity index (χ3v) is 7.93. The average molecular weight is 464 g/mol. The Morgan fingerprint density at radius 2 is 1.48 bits per heavy atom. The average Bonchev–Trinajstić information content (AvgIpc) is 2.82. The first-order valence-electron chi connectivity index (χ1n) is 11.1. The van der Waals surface area contributed by atoms with Gasteiger partial charge in [-0.1, -0.05) is 54.6 Å². The Labute approximate surface area is 195 Å². The van der Waals surface area contributed by atoms with Crippen LogP contribution in [0.2, 0.25) is 0 Å². The zero-order valence-electron chi connectivity index (χ0n) is 19.0. The van der Waals surface area contributed by atoms with Crippen LogP contribution in [0.4, 0.5) is 5.69 Å². The maximum atomic E-state index is 13.3. The van der Waals surface area contributed by atoms with E-state index in [1.54, 1.807) is 18.2 Å². The van der Waals surface area contributed by atoms with Crippen molar-refractivity contribution in [1.29, 1.82) is 0 Å². The molecule has 7 heteroatoms. The first kappa shape index (κ1) is 23.2. The third kappa shape index (κ3) is 5.33. The summed E-state index contributed by atoms with van der Waals surface area (Å²) in [7, 11) is -3.68. The van der Waals surface area contributed by atoms with Gasteiger partial charge in [0.05, 0.1) is 4.90 Å². The highest BCUT2D eigenvalue weighted by Crippen LogP contribution is 2.23. The van der Waals surface area contributed by atoms with E-state index >= 15 is 0 Å². The van der Waals surface area contributed by atoms with Gasteiger partial charge in [0.2, 0.25) is 10.0 Å². The Kier molecular flexibility index (Phi) is 6.93. The molecular weight excluding hydrogens is 434 g/mol. The Balaban J connectivity index is 1.44. The molecule has 0 atom stereocenters. The predicted molar refractivity (Wildman–Crippen MR) is 131 cm³/mol. The van der Waals surface area contributed by atoms with Crippen LogP contribution in [0.25, 0.3) is 0 Å². The van der Waals surface area contributed by atoms with Gasteiger partial charge in [0.1, 0.15) is 0 Å². The minimum absolute atomic E-state index is 0.146. The molecule has 0 aromatic heterocycles. The summed E-state index contributed by atoms with van der Waals surface area (Å²) in [6.07, 6.45) is 0. The fraction of sp³-hybridized carbons (Fsp3) is 0.269. The van der Waals surface area contributed by atoms with E-state index < -0.39 is 10.0 Å². The number of sulfonamides is 1. The lowest BCUT2D eigenvalue weighted by Crippen LogP contribution is -2.48. The molecule has 0 spiro atoms. The normalized spacial score (nSPS) is 15.3. The van der Waals surface area contributed by atoms with E-state index in [4.69, 9.17) is 0 Å². The number of piperazine rings is 1. The Morgan fingerprint density at radius 3 is 2.15 bits per heavy atom. The number of aryl methyl sites for hydroxylation is 2. The highest BCUT2D eigenvalue weighted by atomic mass is 32.2. The van der Waals surface area contributed by atoms with Crippen LogP contribution in [0, 0.1) is 13.8 Å². The van der Waals surface area contributed by atoms with Crippen LogP contribution in [-0.4, -0.2) is 49.7 Å². The number of nitrogens with zero attached hydrogens (tertiary/aromatic N) is 2. The van der Waals surface area contributed by atoms with Crippen molar-refractivity contribution in [3.05, 3.63) is 95.1 Å². The monoisotopic (exact) mass is 463 g/mol. The van der Waals surface area contributed by atoms with Crippen molar-refractivity contribution >= 4 is 21.6 Å². The van der Waals surface area contributed by atoms with Crippen LogP contribution in [-0.2, 0) is 16.6 Å². The van der Waals surface area contributed by atoms with Crippen LogP contribution >= 0.6 is 0 Å². The van der Waals surface area contributed by atoms with Crippen molar-refractivity contribution in [3.63, 3.8) is 0 Å². The van der Waals surface area contributed by atoms with E-state index in [0.717, 1.165) is 23.4 Å². The van der Waals surface area contributed by atoms with E-state index in [1.165, 1.54) is 15.9 Å². The second kappa shape index (κ2) is 9.87. The summed E-state index contributed by atoms with van der Waals surface area (Å²) in [5.74, 6) is -0.322. The van der Waals surface area contributed by atoms with Crippen molar-refractivity contribution in [2.75, 3.05) is 31.5 Å². The van der Waals surface area contributed by atoms with Gasteiger partial charge < -0.3 is 5.32 Å². The second-order valence-electron chi connectivity index (χ2n) is 8.41. The number of para-hydroxylation sites is 1. The first-order valence-corrected chi connectivity index (χ1v) is 12.5. The van der Waals surface area contributed by atoms with Gasteiger partial charge in [-0.2, -0.15) is 4.31 Å². The van der Waals surface area contributed by atoms with Crippen LogP contribution in [0.1, 0.15) is 27.0 Å². The van der Waals surface area contributed by atoms with Gasteiger partial charge in [-0.25, -0.2) is 8.42 Å². The van der Waals surface area contributed by atoms with Gasteiger partial charge in [-0.3, -0.25) is 9.69 Å². The van der Waals surface area contributed by atoms with Gasteiger partial charge in [0.15, 0.2) is 0 Å². The summed E-state index contributed by atoms with van der Waals surface area (Å²) in [5.41, 5.74) is 4.21. The van der Waals surface area contributed by atoms with Gasteiger partial charge in [-0.05, 0) is 48.7 Å². The lowest BCUT2D eigenvalue weighted by Gasteiger charge is -2.34. The number of hydrogen-bond donors (Lipinski definition) is 1. The van der Waals surface area contributed by atoms with E-state index in [2.05, 4.69) is 22.3 Å². The summed E-state index contributed by atoms with van der Waals surface area (Å²) in [6, 6.07) is 22.3. The molecule has 1 aliphatic rings. The van der Waals surface area contributed by atoms with Gasteiger partial charge in [-0.15, -0.1) is 0 Å². The summed E-state index contributed by atoms with van der Waals surface area (Å²) < 4.78 is 28.0. The molecule has 0 saturated carbocycles. The number of amides is 1. The van der Waals surface area contributed by atoms with Crippen LogP contribution in [0.5, 0.6) is 0 Å². The number of carbonyl (C=O) groups excluding carboxylic acids is 1. The Morgan fingerprint density at radius 1 is 0.848 bits per heavy atom. The minimum Gasteiger partial charge on any atom is -0.322 e. The predicted octanol–water partition coefficient (Wildman–Crippen LogP) is 4.06. The van der Waals surface area contributed by atoms with E-state index in [-0.39, 0.29) is 10.8 Å². The second-order valence-corrected chi connectivity index (χ2v) is 10.4. The van der Waals surface area contributed by atoms with Crippen LogP contribution in [0.15, 0.2) is 77.7 Å². The molecule has 4 rings (SSSR count). The summed E-state index contributed by atoms with van der Waals surface area (Å²) >= 11 is 0. The summed E-state index contributed by atoms with van der Waals surface area (Å²) in [4.78, 5) is 15.3. The molecule has 1 heterocycles. The largest absolute Gasteiger partial charge is 0.322 e. The fourth-order valence-electron chi connectivity index (χ4n) is 4.11. The van der Waals surface area contributed by atoms with Crippen molar-refractivity contribution in [2.24, 2.45) is 0 Å². The molecular formula is C26H29N3O3S. The lowest BCUT2D eigenvalue weighted by molar-refractivity contribution is 0.102. The molecule has 33 heavy (non-hydrogen) atoms. The number of anilines is 1. The highest BCUT2D eigenvalue weighted by molar-refractivity contribution is 7.89. The van der Waals surface area contributed by atoms with E-state index in [1.807, 2.05) is 50.2 Å². The number of rotatable bonds is 6. The lowest BCUT2D eigenvalue weighted by atomic mass is 10.1. The van der Waals surface area contributed by atoms with E-state index in [9.17, 15) is 13.2 Å². The molecule has 1 amide bonds. The number of hydrogen-bond acceptors (Lipinski definition) is 4. The van der Waals surface area contributed by atoms with Crippen molar-refractivity contribution in [1.82, 2.24) is 9.21 Å². The van der Waals surface area contributed by atoms with Gasteiger partial charge in [0, 0.05) is 44.0 Å². The topological polar surface area (TPSA) is 69.7 Å². The molecule has 1 fully saturated rings. The molecule has 6 nitrogen and oxygen atoms in total. The minimum atomic E-state index is -3.68. The van der Waals surface area contributed by atoms with Crippen molar-refractivity contribution in [3.8, 4) is 0 Å². The Bertz CT molecular complexity index is 1210. The highest BCUT2D eigenvalue weighted by Gasteiger charge is 2.29. The molecule has 1 N–H and O–H groups in total. The van der Waals surface area contributed by atoms with Gasteiger partial charge in [0.25, 0.3) is 5.91 Å². The number of benzene rings is 3. The smallest absolute Gasteiger partial charge is 0.255 e. The maximum absolute atomic E-state index is 13.3. The zero-order valence-corrected chi connectivity index (χ0v) is 19.8. The fourth-order valence-corrected chi connectivity index (χ4v) is 5.58. The molecule has 1 saturated heterocycles. The molecule has 3 aromatic carbocycles. The number of nitrogens with one attached hydrogen (secondary N) is 1. The molecule has 3 aromatic rings. The van der Waals surface area contributed by atoms with Crippen LogP contribution in [0.3, 0.4) is 0 Å². The van der Waals surface area contributed by atoms with Crippen molar-refractivity contribution in [2.45, 2.75) is 25.3 Å². The SMILES string of the molecule is Cc1cccc(C)c1NC(=O)c1cccc(S(=O)(=O)N2CCN(Cc3ccccc3)CC2)c1. The quantitative estimate of drug-likeness (QED) is 0.599. The third-order valence-electron chi connectivity index (χ3n) is 6.03. The molecule has 0 bridgehead atoms. The molecule has 0 aliphatic carbocycles. The molecule has 1 aliphatic heterocycles. The van der Waals surface area contributed by atoms with E-state index in [0.29, 0.717) is 31.7 Å². The van der Waals surface area contributed by atoms with Gasteiger partial charge >= 0.3 is 0 Å². The molecule has 0 radical (unpaired) electrons. The number of carbonyl (C=O) groups is 1. The zero-order chi connectivity index (χ0) is 23.4. The van der Waals surface area contributed by atoms with Crippen LogP contribution < -0.4 is 5.32 Å². The summed E-state index contributed by atoms with van der Waals surface area (Å²) in [6.45, 7) is 6.86. The maximum Gasteiger partial charge on any atom is 0.255 e. The molecule has 0 unspecified atom stereocenters. The summed E-state index contributed by atoms with van der Waals surface area (Å²) in [5, 5.41) is 2.93. The Hall–Kier alpha value is -3.00. The molecule has 172 valence electrons. The van der Waals surface area contributed by atoms with Crippen molar-refractivity contribution < 1.29 is 13.2 Å².